The van der Waals surface area contributed by atoms with Gasteiger partial charge in [-0.1, -0.05) is 30.3 Å². The van der Waals surface area contributed by atoms with Crippen LogP contribution in [0.3, 0.4) is 0 Å². The molecule has 0 aromatic heterocycles. The monoisotopic (exact) mass is 336 g/mol. The first-order chi connectivity index (χ1) is 12.3. The largest absolute Gasteiger partial charge is 0.493 e. The van der Waals surface area contributed by atoms with Crippen molar-refractivity contribution in [2.45, 2.75) is 5.79 Å². The van der Waals surface area contributed by atoms with Gasteiger partial charge < -0.3 is 23.7 Å². The van der Waals surface area contributed by atoms with E-state index in [0.717, 1.165) is 10.8 Å². The van der Waals surface area contributed by atoms with E-state index in [-0.39, 0.29) is 13.2 Å². The Balaban J connectivity index is 1.53. The number of ether oxygens (including phenoxy) is 5. The molecule has 0 saturated carbocycles. The van der Waals surface area contributed by atoms with Gasteiger partial charge in [-0.2, -0.15) is 0 Å². The van der Waals surface area contributed by atoms with Gasteiger partial charge in [0.25, 0.3) is 0 Å². The topological polar surface area (TPSA) is 46.2 Å². The van der Waals surface area contributed by atoms with Crippen LogP contribution in [0.15, 0.2) is 54.6 Å². The minimum atomic E-state index is -1.03. The standard InChI is InChI=1S/C20H16O5/c1-21-15-7-4-8-16-19(15)25-20(11-22-16)12-23-17-9-13-5-2-3-6-14(13)10-18(17)24-20/h2-10H,11-12H2,1H3. The van der Waals surface area contributed by atoms with E-state index in [1.807, 2.05) is 54.6 Å². The van der Waals surface area contributed by atoms with Gasteiger partial charge in [0.15, 0.2) is 36.2 Å². The van der Waals surface area contributed by atoms with Crippen molar-refractivity contribution in [2.24, 2.45) is 0 Å². The first kappa shape index (κ1) is 14.3. The molecular formula is C20H16O5. The third kappa shape index (κ3) is 2.23. The van der Waals surface area contributed by atoms with Crippen molar-refractivity contribution in [3.8, 4) is 28.7 Å². The van der Waals surface area contributed by atoms with Gasteiger partial charge in [-0.15, -0.1) is 0 Å². The fourth-order valence-electron chi connectivity index (χ4n) is 3.20. The molecule has 0 N–H and O–H groups in total. The summed E-state index contributed by atoms with van der Waals surface area (Å²) in [5, 5.41) is 2.19. The summed E-state index contributed by atoms with van der Waals surface area (Å²) >= 11 is 0. The summed E-state index contributed by atoms with van der Waals surface area (Å²) in [6.07, 6.45) is 0. The maximum Gasteiger partial charge on any atom is 0.320 e. The van der Waals surface area contributed by atoms with Crippen LogP contribution >= 0.6 is 0 Å². The normalized spacial score (nSPS) is 20.5. The molecule has 1 unspecified atom stereocenters. The molecule has 2 aliphatic heterocycles. The van der Waals surface area contributed by atoms with Crippen LogP contribution in [0.25, 0.3) is 10.8 Å². The van der Waals surface area contributed by atoms with Crippen molar-refractivity contribution in [3.63, 3.8) is 0 Å². The summed E-state index contributed by atoms with van der Waals surface area (Å²) in [5.74, 6) is 2.09. The zero-order valence-electron chi connectivity index (χ0n) is 13.7. The van der Waals surface area contributed by atoms with Gasteiger partial charge in [-0.3, -0.25) is 0 Å². The minimum Gasteiger partial charge on any atom is -0.493 e. The molecule has 126 valence electrons. The lowest BCUT2D eigenvalue weighted by Crippen LogP contribution is -2.56. The Morgan fingerprint density at radius 1 is 0.800 bits per heavy atom. The van der Waals surface area contributed by atoms with Gasteiger partial charge >= 0.3 is 5.79 Å². The molecule has 25 heavy (non-hydrogen) atoms. The summed E-state index contributed by atoms with van der Waals surface area (Å²) < 4.78 is 29.5. The van der Waals surface area contributed by atoms with Gasteiger partial charge in [0.2, 0.25) is 5.75 Å². The van der Waals surface area contributed by atoms with E-state index >= 15 is 0 Å². The molecule has 0 fully saturated rings. The van der Waals surface area contributed by atoms with E-state index < -0.39 is 5.79 Å². The fourth-order valence-corrected chi connectivity index (χ4v) is 3.20. The van der Waals surface area contributed by atoms with Crippen LogP contribution in [0.5, 0.6) is 28.7 Å². The number of hydrogen-bond acceptors (Lipinski definition) is 5. The molecule has 5 heteroatoms. The van der Waals surface area contributed by atoms with E-state index in [0.29, 0.717) is 28.7 Å². The number of hydrogen-bond donors (Lipinski definition) is 0. The SMILES string of the molecule is COc1cccc2c1OC1(COc3cc4ccccc4cc3O1)CO2. The second kappa shape index (κ2) is 5.21. The lowest BCUT2D eigenvalue weighted by atomic mass is 10.1. The molecular weight excluding hydrogens is 320 g/mol. The molecule has 1 atom stereocenters. The maximum absolute atomic E-state index is 6.20. The molecule has 0 aliphatic carbocycles. The van der Waals surface area contributed by atoms with E-state index in [1.54, 1.807) is 7.11 Å². The van der Waals surface area contributed by atoms with Crippen molar-refractivity contribution in [3.05, 3.63) is 54.6 Å². The summed E-state index contributed by atoms with van der Waals surface area (Å²) in [6, 6.07) is 17.6. The average molecular weight is 336 g/mol. The third-order valence-electron chi connectivity index (χ3n) is 4.45. The van der Waals surface area contributed by atoms with Crippen LogP contribution < -0.4 is 23.7 Å². The molecule has 5 nitrogen and oxygen atoms in total. The number of methoxy groups -OCH3 is 1. The summed E-state index contributed by atoms with van der Waals surface area (Å²) in [6.45, 7) is 0.468. The van der Waals surface area contributed by atoms with Crippen LogP contribution in [0.2, 0.25) is 0 Å². The molecule has 2 heterocycles. The predicted octanol–water partition coefficient (Wildman–Crippen LogP) is 3.79. The molecule has 0 radical (unpaired) electrons. The number of benzene rings is 3. The molecule has 3 aromatic rings. The predicted molar refractivity (Wildman–Crippen MR) is 91.9 cm³/mol. The molecule has 0 saturated heterocycles. The van der Waals surface area contributed by atoms with Crippen LogP contribution in [-0.4, -0.2) is 26.1 Å². The lowest BCUT2D eigenvalue weighted by Gasteiger charge is -2.40. The number of rotatable bonds is 1. The quantitative estimate of drug-likeness (QED) is 0.677. The van der Waals surface area contributed by atoms with Gasteiger partial charge in [0.05, 0.1) is 7.11 Å². The first-order valence-electron chi connectivity index (χ1n) is 8.10. The number of fused-ring (bicyclic) bond motifs is 3. The van der Waals surface area contributed by atoms with Crippen LogP contribution in [0.4, 0.5) is 0 Å². The van der Waals surface area contributed by atoms with E-state index in [9.17, 15) is 0 Å². The number of para-hydroxylation sites is 1. The molecule has 1 spiro atoms. The molecule has 2 aliphatic rings. The Labute approximate surface area is 144 Å². The second-order valence-electron chi connectivity index (χ2n) is 6.13. The van der Waals surface area contributed by atoms with E-state index in [4.69, 9.17) is 23.7 Å². The Morgan fingerprint density at radius 3 is 2.28 bits per heavy atom. The third-order valence-corrected chi connectivity index (χ3v) is 4.45. The highest BCUT2D eigenvalue weighted by Crippen LogP contribution is 2.46. The molecule has 3 aromatic carbocycles. The smallest absolute Gasteiger partial charge is 0.320 e. The van der Waals surface area contributed by atoms with Gasteiger partial charge in [-0.25, -0.2) is 0 Å². The van der Waals surface area contributed by atoms with E-state index in [1.165, 1.54) is 0 Å². The van der Waals surface area contributed by atoms with Gasteiger partial charge in [0.1, 0.15) is 0 Å². The minimum absolute atomic E-state index is 0.232. The van der Waals surface area contributed by atoms with Crippen molar-refractivity contribution < 1.29 is 23.7 Å². The van der Waals surface area contributed by atoms with Crippen LogP contribution in [0, 0.1) is 0 Å². The average Bonchev–Trinajstić information content (AvgIpc) is 2.66. The highest BCUT2D eigenvalue weighted by Gasteiger charge is 2.46. The van der Waals surface area contributed by atoms with Gasteiger partial charge in [-0.05, 0) is 35.0 Å². The second-order valence-corrected chi connectivity index (χ2v) is 6.13. The Kier molecular flexibility index (Phi) is 2.98. The van der Waals surface area contributed by atoms with Gasteiger partial charge in [0, 0.05) is 0 Å². The molecule has 5 rings (SSSR count). The summed E-state index contributed by atoms with van der Waals surface area (Å²) in [5.41, 5.74) is 0. The Morgan fingerprint density at radius 2 is 1.52 bits per heavy atom. The van der Waals surface area contributed by atoms with Crippen LogP contribution in [-0.2, 0) is 0 Å². The van der Waals surface area contributed by atoms with Crippen molar-refractivity contribution in [1.82, 2.24) is 0 Å². The zero-order valence-corrected chi connectivity index (χ0v) is 13.7. The summed E-state index contributed by atoms with van der Waals surface area (Å²) in [4.78, 5) is 0. The van der Waals surface area contributed by atoms with Crippen LogP contribution in [0.1, 0.15) is 0 Å². The van der Waals surface area contributed by atoms with Crippen molar-refractivity contribution in [2.75, 3.05) is 20.3 Å². The first-order valence-corrected chi connectivity index (χ1v) is 8.10. The fraction of sp³-hybridized carbons (Fsp3) is 0.200. The zero-order chi connectivity index (χ0) is 16.9. The highest BCUT2D eigenvalue weighted by atomic mass is 16.8. The van der Waals surface area contributed by atoms with Crippen molar-refractivity contribution >= 4 is 10.8 Å². The maximum atomic E-state index is 6.20. The van der Waals surface area contributed by atoms with Crippen molar-refractivity contribution in [1.29, 1.82) is 0 Å². The highest BCUT2D eigenvalue weighted by molar-refractivity contribution is 5.86. The molecule has 0 bridgehead atoms. The summed E-state index contributed by atoms with van der Waals surface area (Å²) in [7, 11) is 1.60. The Bertz CT molecular complexity index is 953. The van der Waals surface area contributed by atoms with E-state index in [2.05, 4.69) is 0 Å². The Hall–Kier alpha value is -3.08. The molecule has 0 amide bonds. The lowest BCUT2D eigenvalue weighted by molar-refractivity contribution is -0.186.